The molecule has 6 heteroatoms. The SMILES string of the molecule is O=C(NCC1CN(Cc2ccccc2)CCO1)c1cnn(-c2ccccc2)c1. The van der Waals surface area contributed by atoms with E-state index >= 15 is 0 Å². The highest BCUT2D eigenvalue weighted by molar-refractivity contribution is 5.93. The molecule has 1 aliphatic rings. The van der Waals surface area contributed by atoms with Gasteiger partial charge in [-0.2, -0.15) is 5.10 Å². The molecule has 2 heterocycles. The van der Waals surface area contributed by atoms with Crippen LogP contribution >= 0.6 is 0 Å². The molecule has 4 rings (SSSR count). The Bertz CT molecular complexity index is 895. The maximum Gasteiger partial charge on any atom is 0.254 e. The summed E-state index contributed by atoms with van der Waals surface area (Å²) in [6, 6.07) is 20.2. The van der Waals surface area contributed by atoms with Gasteiger partial charge in [0.15, 0.2) is 0 Å². The number of benzene rings is 2. The molecule has 1 aliphatic heterocycles. The van der Waals surface area contributed by atoms with E-state index in [1.54, 1.807) is 17.1 Å². The van der Waals surface area contributed by atoms with Crippen LogP contribution in [0.25, 0.3) is 5.69 Å². The average molecular weight is 376 g/mol. The molecular formula is C22H24N4O2. The van der Waals surface area contributed by atoms with Crippen LogP contribution in [0, 0.1) is 0 Å². The highest BCUT2D eigenvalue weighted by atomic mass is 16.5. The predicted molar refractivity (Wildman–Crippen MR) is 107 cm³/mol. The molecular weight excluding hydrogens is 352 g/mol. The molecule has 1 atom stereocenters. The first-order chi connectivity index (χ1) is 13.8. The molecule has 0 bridgehead atoms. The fraction of sp³-hybridized carbons (Fsp3) is 0.273. The summed E-state index contributed by atoms with van der Waals surface area (Å²) in [4.78, 5) is 14.8. The predicted octanol–water partition coefficient (Wildman–Crippen LogP) is 2.50. The Hall–Kier alpha value is -2.96. The molecule has 6 nitrogen and oxygen atoms in total. The van der Waals surface area contributed by atoms with E-state index in [2.05, 4.69) is 39.6 Å². The van der Waals surface area contributed by atoms with Crippen LogP contribution in [0.1, 0.15) is 15.9 Å². The van der Waals surface area contributed by atoms with Crippen LogP contribution in [0.3, 0.4) is 0 Å². The Balaban J connectivity index is 1.29. The van der Waals surface area contributed by atoms with Crippen LogP contribution in [0.15, 0.2) is 73.1 Å². The first kappa shape index (κ1) is 18.4. The second kappa shape index (κ2) is 8.82. The van der Waals surface area contributed by atoms with Gasteiger partial charge in [-0.15, -0.1) is 0 Å². The van der Waals surface area contributed by atoms with E-state index in [1.165, 1.54) is 5.56 Å². The lowest BCUT2D eigenvalue weighted by Gasteiger charge is -2.33. The lowest BCUT2D eigenvalue weighted by molar-refractivity contribution is -0.0292. The van der Waals surface area contributed by atoms with Crippen LogP contribution in [-0.2, 0) is 11.3 Å². The van der Waals surface area contributed by atoms with Gasteiger partial charge in [-0.1, -0.05) is 48.5 Å². The van der Waals surface area contributed by atoms with Crippen LogP contribution in [0.5, 0.6) is 0 Å². The number of para-hydroxylation sites is 1. The first-order valence-electron chi connectivity index (χ1n) is 9.54. The van der Waals surface area contributed by atoms with Gasteiger partial charge in [0.1, 0.15) is 0 Å². The molecule has 0 spiro atoms. The number of nitrogens with one attached hydrogen (secondary N) is 1. The van der Waals surface area contributed by atoms with E-state index in [0.717, 1.165) is 25.3 Å². The van der Waals surface area contributed by atoms with Gasteiger partial charge in [0, 0.05) is 32.4 Å². The molecule has 1 saturated heterocycles. The Labute approximate surface area is 164 Å². The first-order valence-corrected chi connectivity index (χ1v) is 9.54. The molecule has 3 aromatic rings. The molecule has 0 saturated carbocycles. The molecule has 0 aliphatic carbocycles. The zero-order valence-electron chi connectivity index (χ0n) is 15.7. The van der Waals surface area contributed by atoms with Gasteiger partial charge in [-0.05, 0) is 17.7 Å². The van der Waals surface area contributed by atoms with E-state index in [1.807, 2.05) is 36.4 Å². The number of carbonyl (C=O) groups excluding carboxylic acids is 1. The molecule has 144 valence electrons. The summed E-state index contributed by atoms with van der Waals surface area (Å²) in [6.45, 7) is 3.78. The fourth-order valence-corrected chi connectivity index (χ4v) is 3.36. The molecule has 1 N–H and O–H groups in total. The van der Waals surface area contributed by atoms with E-state index < -0.39 is 0 Å². The molecule has 28 heavy (non-hydrogen) atoms. The highest BCUT2D eigenvalue weighted by Gasteiger charge is 2.21. The van der Waals surface area contributed by atoms with Gasteiger partial charge in [0.05, 0.1) is 30.2 Å². The maximum absolute atomic E-state index is 12.5. The Morgan fingerprint density at radius 2 is 1.86 bits per heavy atom. The largest absolute Gasteiger partial charge is 0.374 e. The van der Waals surface area contributed by atoms with Crippen molar-refractivity contribution in [2.45, 2.75) is 12.6 Å². The number of aromatic nitrogens is 2. The van der Waals surface area contributed by atoms with E-state index in [9.17, 15) is 4.79 Å². The summed E-state index contributed by atoms with van der Waals surface area (Å²) >= 11 is 0. The number of hydrogen-bond donors (Lipinski definition) is 1. The molecule has 2 aromatic carbocycles. The van der Waals surface area contributed by atoms with Gasteiger partial charge < -0.3 is 10.1 Å². The van der Waals surface area contributed by atoms with Crippen LogP contribution < -0.4 is 5.32 Å². The minimum atomic E-state index is -0.133. The van der Waals surface area contributed by atoms with Gasteiger partial charge in [0.2, 0.25) is 0 Å². The van der Waals surface area contributed by atoms with Crippen LogP contribution in [0.4, 0.5) is 0 Å². The Morgan fingerprint density at radius 3 is 2.64 bits per heavy atom. The third kappa shape index (κ3) is 4.65. The average Bonchev–Trinajstić information content (AvgIpc) is 3.24. The monoisotopic (exact) mass is 376 g/mol. The van der Waals surface area contributed by atoms with Crippen LogP contribution in [-0.4, -0.2) is 52.9 Å². The summed E-state index contributed by atoms with van der Waals surface area (Å²) in [5.41, 5.74) is 2.76. The molecule has 0 radical (unpaired) electrons. The van der Waals surface area contributed by atoms with Crippen molar-refractivity contribution < 1.29 is 9.53 Å². The van der Waals surface area contributed by atoms with Gasteiger partial charge in [-0.25, -0.2) is 4.68 Å². The normalized spacial score (nSPS) is 17.4. The number of ether oxygens (including phenoxy) is 1. The minimum Gasteiger partial charge on any atom is -0.374 e. The second-order valence-electron chi connectivity index (χ2n) is 6.93. The number of carbonyl (C=O) groups is 1. The Kier molecular flexibility index (Phi) is 5.80. The van der Waals surface area contributed by atoms with Gasteiger partial charge in [0.25, 0.3) is 5.91 Å². The van der Waals surface area contributed by atoms with E-state index in [0.29, 0.717) is 18.7 Å². The summed E-state index contributed by atoms with van der Waals surface area (Å²) in [5, 5.41) is 7.25. The van der Waals surface area contributed by atoms with E-state index in [4.69, 9.17) is 4.74 Å². The zero-order valence-corrected chi connectivity index (χ0v) is 15.7. The van der Waals surface area contributed by atoms with Crippen LogP contribution in [0.2, 0.25) is 0 Å². The van der Waals surface area contributed by atoms with Crippen molar-refractivity contribution in [2.24, 2.45) is 0 Å². The second-order valence-corrected chi connectivity index (χ2v) is 6.93. The topological polar surface area (TPSA) is 59.4 Å². The van der Waals surface area contributed by atoms with Gasteiger partial charge in [-0.3, -0.25) is 9.69 Å². The zero-order chi connectivity index (χ0) is 19.2. The molecule has 1 fully saturated rings. The molecule has 1 aromatic heterocycles. The third-order valence-electron chi connectivity index (χ3n) is 4.83. The maximum atomic E-state index is 12.5. The summed E-state index contributed by atoms with van der Waals surface area (Å²) < 4.78 is 7.53. The standard InChI is InChI=1S/C22H24N4O2/c27-22(19-13-24-26(16-19)20-9-5-2-6-10-20)23-14-21-17-25(11-12-28-21)15-18-7-3-1-4-8-18/h1-10,13,16,21H,11-12,14-15,17H2,(H,23,27). The molecule has 1 unspecified atom stereocenters. The number of nitrogens with zero attached hydrogens (tertiary/aromatic N) is 3. The summed E-state index contributed by atoms with van der Waals surface area (Å²) in [6.07, 6.45) is 3.32. The minimum absolute atomic E-state index is 0.00872. The number of rotatable bonds is 6. The van der Waals surface area contributed by atoms with Crippen molar-refractivity contribution >= 4 is 5.91 Å². The summed E-state index contributed by atoms with van der Waals surface area (Å²) in [7, 11) is 0. The fourth-order valence-electron chi connectivity index (χ4n) is 3.36. The summed E-state index contributed by atoms with van der Waals surface area (Å²) in [5.74, 6) is -0.133. The quantitative estimate of drug-likeness (QED) is 0.718. The van der Waals surface area contributed by atoms with Crippen molar-refractivity contribution in [3.8, 4) is 5.69 Å². The number of morpholine rings is 1. The smallest absolute Gasteiger partial charge is 0.254 e. The Morgan fingerprint density at radius 1 is 1.11 bits per heavy atom. The molecule has 1 amide bonds. The van der Waals surface area contributed by atoms with Crippen molar-refractivity contribution in [3.05, 3.63) is 84.2 Å². The lowest BCUT2D eigenvalue weighted by atomic mass is 10.2. The highest BCUT2D eigenvalue weighted by Crippen LogP contribution is 2.11. The number of amides is 1. The number of hydrogen-bond acceptors (Lipinski definition) is 4. The van der Waals surface area contributed by atoms with E-state index in [-0.39, 0.29) is 12.0 Å². The third-order valence-corrected chi connectivity index (χ3v) is 4.83. The van der Waals surface area contributed by atoms with Gasteiger partial charge >= 0.3 is 0 Å². The van der Waals surface area contributed by atoms with Crippen molar-refractivity contribution in [1.82, 2.24) is 20.0 Å². The van der Waals surface area contributed by atoms with Crippen molar-refractivity contribution in [3.63, 3.8) is 0 Å². The van der Waals surface area contributed by atoms with Crippen molar-refractivity contribution in [2.75, 3.05) is 26.2 Å². The van der Waals surface area contributed by atoms with Crippen molar-refractivity contribution in [1.29, 1.82) is 0 Å². The lowest BCUT2D eigenvalue weighted by Crippen LogP contribution is -2.47.